The van der Waals surface area contributed by atoms with Gasteiger partial charge in [0.15, 0.2) is 23.9 Å². The van der Waals surface area contributed by atoms with E-state index in [1.807, 2.05) is 4.98 Å². The van der Waals surface area contributed by atoms with E-state index in [4.69, 9.17) is 35.0 Å². The highest BCUT2D eigenvalue weighted by molar-refractivity contribution is 7.69. The van der Waals surface area contributed by atoms with Crippen molar-refractivity contribution in [1.29, 1.82) is 0 Å². The van der Waals surface area contributed by atoms with Crippen LogP contribution in [0.4, 0.5) is 5.82 Å². The van der Waals surface area contributed by atoms with Crippen LogP contribution in [-0.4, -0.2) is 129 Å². The first-order valence-electron chi connectivity index (χ1n) is 13.6. The van der Waals surface area contributed by atoms with Crippen molar-refractivity contribution in [3.05, 3.63) is 45.8 Å². The molecule has 0 aliphatic carbocycles. The Bertz CT molecular complexity index is 2050. The monoisotopic (exact) mass is 831 g/mol. The number of aromatic nitrogens is 6. The number of imidazole rings is 1. The van der Waals surface area contributed by atoms with E-state index in [2.05, 4.69) is 32.4 Å². The third kappa shape index (κ3) is 10.3. The summed E-state index contributed by atoms with van der Waals surface area (Å²) in [5.41, 5.74) is 4.59. The molecule has 52 heavy (non-hydrogen) atoms. The first kappa shape index (κ1) is 42.1. The van der Waals surface area contributed by atoms with Crippen molar-refractivity contribution >= 4 is 48.3 Å². The Morgan fingerprint density at radius 2 is 1.35 bits per heavy atom. The molecular weight excluding hydrogens is 802 g/mol. The standard InChI is InChI=1S/C10H17N5O16P4.C9H12N2O6/c11-8-5-9(13-2-12-8)15(3-14-5)10-7(17)6(16)4(28-10)1-27-33(21,22)30-35(25,26)31-34(23,24)29-32(18,19)20;12-3-4-6(14)7(15)8(17-4)11-2-1-5(13)10-9(11)16/h2-4,6-7,10,16-17H,1H2,(H,21,22)(H,23,24)(H,25,26)(H2,11,12,13)(H2,18,19,20);1-2,4,6-8,12,14-15H,3H2,(H,10,13,16)/t4-,6-,7-,10-;4-,6-,7-,8-/m11/s1. The Hall–Kier alpha value is -2.69. The number of aliphatic hydroxyl groups excluding tert-OH is 5. The number of aliphatic hydroxyl groups is 5. The average molecular weight is 831 g/mol. The van der Waals surface area contributed by atoms with Gasteiger partial charge in [-0.3, -0.25) is 23.4 Å². The minimum atomic E-state index is -6.00. The second-order valence-corrected chi connectivity index (χ2v) is 16.3. The Labute approximate surface area is 286 Å². The van der Waals surface area contributed by atoms with Crippen molar-refractivity contribution in [3.8, 4) is 0 Å². The number of nitrogens with two attached hydrogens (primary N) is 1. The van der Waals surface area contributed by atoms with Gasteiger partial charge in [-0.25, -0.2) is 38.0 Å². The van der Waals surface area contributed by atoms with Gasteiger partial charge in [-0.15, -0.1) is 0 Å². The molecular formula is C19H29N7O22P4. The molecule has 5 heterocycles. The van der Waals surface area contributed by atoms with Crippen molar-refractivity contribution in [3.63, 3.8) is 0 Å². The van der Waals surface area contributed by atoms with E-state index in [0.29, 0.717) is 0 Å². The van der Waals surface area contributed by atoms with Gasteiger partial charge in [-0.05, 0) is 0 Å². The Morgan fingerprint density at radius 1 is 0.788 bits per heavy atom. The van der Waals surface area contributed by atoms with Gasteiger partial charge in [0.25, 0.3) is 5.56 Å². The molecule has 3 unspecified atom stereocenters. The van der Waals surface area contributed by atoms with E-state index in [9.17, 15) is 58.1 Å². The number of hydrogen-bond acceptors (Lipinski definition) is 21. The van der Waals surface area contributed by atoms with Gasteiger partial charge >= 0.3 is 37.0 Å². The maximum atomic E-state index is 12.0. The van der Waals surface area contributed by atoms with Crippen molar-refractivity contribution in [2.24, 2.45) is 0 Å². The highest BCUT2D eigenvalue weighted by Gasteiger charge is 2.48. The number of hydrogen-bond donors (Lipinski definition) is 12. The lowest BCUT2D eigenvalue weighted by molar-refractivity contribution is -0.0550. The first-order valence-corrected chi connectivity index (χ1v) is 19.7. The summed E-state index contributed by atoms with van der Waals surface area (Å²) in [6.07, 6.45) is -7.63. The Balaban J connectivity index is 0.000000296. The van der Waals surface area contributed by atoms with Crippen molar-refractivity contribution in [1.82, 2.24) is 29.1 Å². The summed E-state index contributed by atoms with van der Waals surface area (Å²) in [6.45, 7) is -1.53. The highest BCUT2D eigenvalue weighted by Crippen LogP contribution is 2.70. The SMILES string of the molecule is Nc1ncnc2c1ncn2[C@@H]1O[C@H](COP(=O)(O)OP(=O)(O)OP(=O)(O)OP(=O)(O)O)[C@@H](O)[C@H]1O.O=c1ccn([C@@H]2O[C@H](CO)[C@@H](O)[C@H]2O)c(=O)[nH]1. The lowest BCUT2D eigenvalue weighted by atomic mass is 10.1. The fourth-order valence-electron chi connectivity index (χ4n) is 4.51. The minimum Gasteiger partial charge on any atom is -0.394 e. The summed E-state index contributed by atoms with van der Waals surface area (Å²) in [5, 5.41) is 48.6. The van der Waals surface area contributed by atoms with E-state index in [-0.39, 0.29) is 17.0 Å². The molecule has 13 N–H and O–H groups in total. The van der Waals surface area contributed by atoms with E-state index in [1.165, 1.54) is 4.57 Å². The molecule has 2 saturated heterocycles. The summed E-state index contributed by atoms with van der Waals surface area (Å²) < 4.78 is 73.1. The molecule has 2 aliphatic rings. The van der Waals surface area contributed by atoms with Crippen LogP contribution in [0.2, 0.25) is 0 Å². The molecule has 0 radical (unpaired) electrons. The van der Waals surface area contributed by atoms with Crippen LogP contribution in [0, 0.1) is 0 Å². The molecule has 0 bridgehead atoms. The molecule has 33 heteroatoms. The summed E-state index contributed by atoms with van der Waals surface area (Å²) in [4.78, 5) is 80.8. The van der Waals surface area contributed by atoms with Crippen LogP contribution in [0.15, 0.2) is 34.5 Å². The molecule has 29 nitrogen and oxygen atoms in total. The molecule has 3 aromatic rings. The van der Waals surface area contributed by atoms with E-state index in [1.54, 1.807) is 0 Å². The normalized spacial score (nSPS) is 29.9. The predicted octanol–water partition coefficient (Wildman–Crippen LogP) is -4.36. The fourth-order valence-corrected chi connectivity index (χ4v) is 8.97. The van der Waals surface area contributed by atoms with E-state index in [0.717, 1.165) is 29.5 Å². The molecule has 11 atom stereocenters. The molecule has 292 valence electrons. The van der Waals surface area contributed by atoms with Gasteiger partial charge in [0, 0.05) is 12.3 Å². The number of aromatic amines is 1. The van der Waals surface area contributed by atoms with Crippen LogP contribution in [0.5, 0.6) is 0 Å². The molecule has 2 fully saturated rings. The summed E-state index contributed by atoms with van der Waals surface area (Å²) in [6, 6.07) is 1.09. The minimum absolute atomic E-state index is 0.00862. The number of fused-ring (bicyclic) bond motifs is 1. The number of rotatable bonds is 12. The molecule has 2 aliphatic heterocycles. The average Bonchev–Trinajstić information content (AvgIpc) is 3.64. The van der Waals surface area contributed by atoms with Crippen LogP contribution in [-0.2, 0) is 45.2 Å². The van der Waals surface area contributed by atoms with E-state index < -0.39 is 105 Å². The molecule has 5 rings (SSSR count). The van der Waals surface area contributed by atoms with Crippen LogP contribution >= 0.6 is 31.3 Å². The first-order chi connectivity index (χ1) is 23.9. The lowest BCUT2D eigenvalue weighted by Crippen LogP contribution is -2.37. The predicted molar refractivity (Wildman–Crippen MR) is 161 cm³/mol. The van der Waals surface area contributed by atoms with Crippen LogP contribution in [0.1, 0.15) is 12.5 Å². The second-order valence-electron chi connectivity index (χ2n) is 10.3. The number of phosphoric ester groups is 1. The fraction of sp³-hybridized carbons (Fsp3) is 0.526. The van der Waals surface area contributed by atoms with Gasteiger partial charge in [0.2, 0.25) is 0 Å². The van der Waals surface area contributed by atoms with Crippen LogP contribution in [0.3, 0.4) is 0 Å². The maximum Gasteiger partial charge on any atom is 0.490 e. The smallest absolute Gasteiger partial charge is 0.394 e. The number of nitrogens with one attached hydrogen (secondary N) is 1. The number of ether oxygens (including phenoxy) is 2. The van der Waals surface area contributed by atoms with Crippen LogP contribution in [0.25, 0.3) is 11.2 Å². The molecule has 3 aromatic heterocycles. The number of phosphoric acid groups is 4. The van der Waals surface area contributed by atoms with Crippen molar-refractivity contribution in [2.45, 2.75) is 49.1 Å². The topological polar surface area (TPSA) is 450 Å². The van der Waals surface area contributed by atoms with Gasteiger partial charge < -0.3 is 65.2 Å². The summed E-state index contributed by atoms with van der Waals surface area (Å²) in [7, 11) is -23.3. The van der Waals surface area contributed by atoms with Gasteiger partial charge in [-0.1, -0.05) is 0 Å². The number of nitrogens with zero attached hydrogens (tertiary/aromatic N) is 5. The lowest BCUT2D eigenvalue weighted by Gasteiger charge is -2.20. The molecule has 0 spiro atoms. The number of H-pyrrole nitrogens is 1. The zero-order valence-electron chi connectivity index (χ0n) is 25.3. The second kappa shape index (κ2) is 16.0. The zero-order chi connectivity index (χ0) is 39.0. The quantitative estimate of drug-likeness (QED) is 0.0767. The van der Waals surface area contributed by atoms with Gasteiger partial charge in [0.1, 0.15) is 48.5 Å². The molecule has 0 saturated carbocycles. The maximum absolute atomic E-state index is 12.0. The highest BCUT2D eigenvalue weighted by atomic mass is 31.3. The van der Waals surface area contributed by atoms with Gasteiger partial charge in [-0.2, -0.15) is 12.9 Å². The largest absolute Gasteiger partial charge is 0.490 e. The van der Waals surface area contributed by atoms with Crippen molar-refractivity contribution < 1.29 is 95.2 Å². The summed E-state index contributed by atoms with van der Waals surface area (Å²) >= 11 is 0. The zero-order valence-corrected chi connectivity index (χ0v) is 28.9. The molecule has 0 amide bonds. The Morgan fingerprint density at radius 3 is 1.92 bits per heavy atom. The van der Waals surface area contributed by atoms with E-state index >= 15 is 0 Å². The Kier molecular flexibility index (Phi) is 12.9. The number of nitrogen functional groups attached to an aromatic ring is 1. The van der Waals surface area contributed by atoms with Crippen molar-refractivity contribution in [2.75, 3.05) is 18.9 Å². The third-order valence-corrected chi connectivity index (χ3v) is 12.1. The van der Waals surface area contributed by atoms with Gasteiger partial charge in [0.05, 0.1) is 19.5 Å². The number of anilines is 1. The van der Waals surface area contributed by atoms with Crippen LogP contribution < -0.4 is 17.0 Å². The molecule has 0 aromatic carbocycles. The summed E-state index contributed by atoms with van der Waals surface area (Å²) in [5.74, 6) is 0.00862. The third-order valence-electron chi connectivity index (χ3n) is 6.67.